The molecule has 0 unspecified atom stereocenters. The second-order valence-corrected chi connectivity index (χ2v) is 11.0. The first-order chi connectivity index (χ1) is 20.2. The number of carboxylic acid groups (broad SMARTS) is 1. The summed E-state index contributed by atoms with van der Waals surface area (Å²) in [6.45, 7) is 3.22. The van der Waals surface area contributed by atoms with Crippen LogP contribution >= 0.6 is 12.4 Å². The smallest absolute Gasteiger partial charge is 0.416 e. The first kappa shape index (κ1) is 35.1. The SMILES string of the molecule is CCN(CCCCC(=O)O)c1cc2c(cc1CN(Cc1cc(C(F)(F)F)cc(C(F)(F)F)c1)c1ccn(C)n1)CCCC2.Cl. The van der Waals surface area contributed by atoms with Gasteiger partial charge in [0.25, 0.3) is 0 Å². The molecule has 0 radical (unpaired) electrons. The Bertz CT molecular complexity index is 1390. The van der Waals surface area contributed by atoms with Gasteiger partial charge in [-0.05, 0) is 92.0 Å². The third-order valence-electron chi connectivity index (χ3n) is 7.74. The highest BCUT2D eigenvalue weighted by Crippen LogP contribution is 2.37. The molecule has 0 saturated heterocycles. The fourth-order valence-electron chi connectivity index (χ4n) is 5.60. The van der Waals surface area contributed by atoms with E-state index in [0.29, 0.717) is 31.7 Å². The second-order valence-electron chi connectivity index (χ2n) is 11.0. The van der Waals surface area contributed by atoms with Crippen LogP contribution in [0.1, 0.15) is 72.4 Å². The van der Waals surface area contributed by atoms with Crippen LogP contribution in [0.3, 0.4) is 0 Å². The Hall–Kier alpha value is -3.41. The van der Waals surface area contributed by atoms with Gasteiger partial charge >= 0.3 is 18.3 Å². The minimum absolute atomic E-state index is 0. The minimum Gasteiger partial charge on any atom is -0.481 e. The van der Waals surface area contributed by atoms with Crippen LogP contribution in [0.5, 0.6) is 0 Å². The number of hydrogen-bond acceptors (Lipinski definition) is 4. The van der Waals surface area contributed by atoms with E-state index in [1.807, 2.05) is 6.92 Å². The third-order valence-corrected chi connectivity index (χ3v) is 7.74. The fraction of sp³-hybridized carbons (Fsp3) is 0.484. The molecule has 0 fully saturated rings. The molecule has 0 saturated carbocycles. The van der Waals surface area contributed by atoms with Crippen LogP contribution in [0.15, 0.2) is 42.6 Å². The summed E-state index contributed by atoms with van der Waals surface area (Å²) in [4.78, 5) is 14.9. The van der Waals surface area contributed by atoms with Crippen molar-refractivity contribution in [3.63, 3.8) is 0 Å². The summed E-state index contributed by atoms with van der Waals surface area (Å²) in [6.07, 6.45) is -3.06. The fourth-order valence-corrected chi connectivity index (χ4v) is 5.60. The molecule has 1 N–H and O–H groups in total. The van der Waals surface area contributed by atoms with Gasteiger partial charge in [0.05, 0.1) is 11.1 Å². The van der Waals surface area contributed by atoms with E-state index in [9.17, 15) is 31.1 Å². The number of hydrogen-bond donors (Lipinski definition) is 1. The molecule has 242 valence electrons. The van der Waals surface area contributed by atoms with Crippen LogP contribution in [-0.2, 0) is 50.1 Å². The topological polar surface area (TPSA) is 61.6 Å². The monoisotopic (exact) mass is 646 g/mol. The molecule has 1 heterocycles. The normalized spacial score (nSPS) is 13.3. The number of benzene rings is 2. The van der Waals surface area contributed by atoms with E-state index in [-0.39, 0.29) is 43.5 Å². The predicted molar refractivity (Wildman–Crippen MR) is 159 cm³/mol. The van der Waals surface area contributed by atoms with Crippen molar-refractivity contribution in [2.24, 2.45) is 7.05 Å². The van der Waals surface area contributed by atoms with E-state index >= 15 is 0 Å². The molecule has 3 aromatic rings. The lowest BCUT2D eigenvalue weighted by Gasteiger charge is -2.31. The van der Waals surface area contributed by atoms with Gasteiger partial charge in [0.1, 0.15) is 0 Å². The molecule has 0 atom stereocenters. The quantitative estimate of drug-likeness (QED) is 0.159. The van der Waals surface area contributed by atoms with Crippen molar-refractivity contribution in [2.75, 3.05) is 22.9 Å². The summed E-state index contributed by atoms with van der Waals surface area (Å²) in [7, 11) is 1.69. The van der Waals surface area contributed by atoms with Gasteiger partial charge in [-0.1, -0.05) is 6.07 Å². The highest BCUT2D eigenvalue weighted by Gasteiger charge is 2.37. The molecule has 44 heavy (non-hydrogen) atoms. The number of aromatic nitrogens is 2. The summed E-state index contributed by atoms with van der Waals surface area (Å²) in [6, 6.07) is 7.60. The number of fused-ring (bicyclic) bond motifs is 1. The van der Waals surface area contributed by atoms with Gasteiger partial charge in [-0.3, -0.25) is 9.48 Å². The van der Waals surface area contributed by atoms with Gasteiger partial charge in [0.2, 0.25) is 0 Å². The Morgan fingerprint density at radius 2 is 1.52 bits per heavy atom. The Labute approximate surface area is 259 Å². The largest absolute Gasteiger partial charge is 0.481 e. The van der Waals surface area contributed by atoms with E-state index in [4.69, 9.17) is 5.11 Å². The van der Waals surface area contributed by atoms with Gasteiger partial charge in [0.15, 0.2) is 5.82 Å². The van der Waals surface area contributed by atoms with Crippen LogP contribution in [0.4, 0.5) is 37.8 Å². The number of nitrogens with zero attached hydrogens (tertiary/aromatic N) is 4. The average Bonchev–Trinajstić information content (AvgIpc) is 3.37. The highest BCUT2D eigenvalue weighted by molar-refractivity contribution is 5.85. The maximum absolute atomic E-state index is 13.6. The van der Waals surface area contributed by atoms with Crippen molar-refractivity contribution in [1.82, 2.24) is 9.78 Å². The lowest BCUT2D eigenvalue weighted by Crippen LogP contribution is -2.29. The average molecular weight is 647 g/mol. The van der Waals surface area contributed by atoms with E-state index in [1.54, 1.807) is 24.2 Å². The van der Waals surface area contributed by atoms with Crippen LogP contribution in [0.2, 0.25) is 0 Å². The van der Waals surface area contributed by atoms with Crippen molar-refractivity contribution in [3.05, 3.63) is 76.0 Å². The van der Waals surface area contributed by atoms with Crippen molar-refractivity contribution in [2.45, 2.75) is 77.3 Å². The van der Waals surface area contributed by atoms with Crippen molar-refractivity contribution in [3.8, 4) is 0 Å². The molecule has 0 amide bonds. The summed E-state index contributed by atoms with van der Waals surface area (Å²) in [5.41, 5.74) is 1.39. The van der Waals surface area contributed by atoms with Gasteiger partial charge < -0.3 is 14.9 Å². The van der Waals surface area contributed by atoms with Crippen LogP contribution < -0.4 is 9.80 Å². The molecule has 13 heteroatoms. The molecular weight excluding hydrogens is 610 g/mol. The maximum Gasteiger partial charge on any atom is 0.416 e. The lowest BCUT2D eigenvalue weighted by molar-refractivity contribution is -0.143. The van der Waals surface area contributed by atoms with Gasteiger partial charge in [-0.15, -0.1) is 12.4 Å². The van der Waals surface area contributed by atoms with E-state index in [2.05, 4.69) is 22.1 Å². The summed E-state index contributed by atoms with van der Waals surface area (Å²) in [5, 5.41) is 13.5. The molecule has 1 aliphatic rings. The lowest BCUT2D eigenvalue weighted by atomic mass is 9.89. The second kappa shape index (κ2) is 14.6. The zero-order chi connectivity index (χ0) is 31.4. The number of carboxylic acids is 1. The Balaban J connectivity index is 0.00000529. The number of unbranched alkanes of at least 4 members (excludes halogenated alkanes) is 1. The summed E-state index contributed by atoms with van der Waals surface area (Å²) < 4.78 is 83.3. The van der Waals surface area contributed by atoms with Crippen molar-refractivity contribution < 1.29 is 36.2 Å². The van der Waals surface area contributed by atoms with Crippen LogP contribution in [0, 0.1) is 0 Å². The third kappa shape index (κ3) is 9.06. The van der Waals surface area contributed by atoms with E-state index < -0.39 is 29.4 Å². The van der Waals surface area contributed by atoms with E-state index in [0.717, 1.165) is 49.1 Å². The standard InChI is InChI=1S/C31H36F6N4O2.ClH/c1-3-40(12-7-6-10-29(42)43)27-17-23-9-5-4-8-22(23)16-24(27)20-41(28-11-13-39(2)38-28)19-21-14-25(30(32,33)34)18-26(15-21)31(35,36)37;/h11,13-18H,3-10,12,19-20H2,1-2H3,(H,42,43);1H. The number of anilines is 2. The van der Waals surface area contributed by atoms with Gasteiger partial charge in [-0.2, -0.15) is 31.4 Å². The first-order valence-electron chi connectivity index (χ1n) is 14.4. The van der Waals surface area contributed by atoms with Crippen LogP contribution in [0.25, 0.3) is 0 Å². The Kier molecular flexibility index (Phi) is 11.6. The summed E-state index contributed by atoms with van der Waals surface area (Å²) >= 11 is 0. The molecular formula is C31H37ClF6N4O2. The molecule has 0 bridgehead atoms. The maximum atomic E-state index is 13.6. The number of carbonyl (C=O) groups is 1. The Morgan fingerprint density at radius 3 is 2.05 bits per heavy atom. The van der Waals surface area contributed by atoms with Gasteiger partial charge in [0, 0.05) is 57.6 Å². The molecule has 4 rings (SSSR count). The van der Waals surface area contributed by atoms with E-state index in [1.165, 1.54) is 15.8 Å². The number of alkyl halides is 6. The molecule has 2 aromatic carbocycles. The molecule has 1 aromatic heterocycles. The molecule has 1 aliphatic carbocycles. The van der Waals surface area contributed by atoms with Crippen LogP contribution in [-0.4, -0.2) is 33.9 Å². The summed E-state index contributed by atoms with van der Waals surface area (Å²) in [5.74, 6) is -0.437. The Morgan fingerprint density at radius 1 is 0.909 bits per heavy atom. The number of rotatable bonds is 12. The zero-order valence-corrected chi connectivity index (χ0v) is 25.5. The van der Waals surface area contributed by atoms with Gasteiger partial charge in [-0.25, -0.2) is 0 Å². The predicted octanol–water partition coefficient (Wildman–Crippen LogP) is 8.05. The number of aryl methyl sites for hydroxylation is 3. The van der Waals surface area contributed by atoms with Crippen molar-refractivity contribution >= 4 is 29.9 Å². The zero-order valence-electron chi connectivity index (χ0n) is 24.6. The number of halogens is 7. The number of aliphatic carboxylic acids is 1. The highest BCUT2D eigenvalue weighted by atomic mass is 35.5. The first-order valence-corrected chi connectivity index (χ1v) is 14.4. The molecule has 6 nitrogen and oxygen atoms in total. The van der Waals surface area contributed by atoms with Crippen molar-refractivity contribution in [1.29, 1.82) is 0 Å². The minimum atomic E-state index is -4.94. The molecule has 0 spiro atoms. The molecule has 0 aliphatic heterocycles.